The van der Waals surface area contributed by atoms with E-state index in [0.29, 0.717) is 11.3 Å². The molecule has 0 bridgehead atoms. The minimum atomic E-state index is -0.897. The van der Waals surface area contributed by atoms with Crippen LogP contribution in [-0.2, 0) is 4.79 Å². The van der Waals surface area contributed by atoms with Gasteiger partial charge in [0.1, 0.15) is 11.8 Å². The number of hydrogen-bond acceptors (Lipinski definition) is 3. The molecule has 1 aromatic rings. The third-order valence-electron chi connectivity index (χ3n) is 1.77. The molecule has 13 heavy (non-hydrogen) atoms. The van der Waals surface area contributed by atoms with Gasteiger partial charge in [-0.2, -0.15) is 5.26 Å². The molecule has 0 amide bonds. The van der Waals surface area contributed by atoms with Crippen LogP contribution in [0.5, 0.6) is 0 Å². The normalized spacial score (nSPS) is 11.7. The average Bonchev–Trinajstić information content (AvgIpc) is 2.17. The minimum Gasteiger partial charge on any atom is -0.481 e. The second-order valence-electron chi connectivity index (χ2n) is 2.65. The van der Waals surface area contributed by atoms with Crippen molar-refractivity contribution in [2.75, 3.05) is 0 Å². The molecular weight excluding hydrogens is 168 g/mol. The van der Waals surface area contributed by atoms with Crippen molar-refractivity contribution >= 4 is 5.97 Å². The van der Waals surface area contributed by atoms with Gasteiger partial charge < -0.3 is 5.11 Å². The van der Waals surface area contributed by atoms with E-state index in [1.54, 1.807) is 13.0 Å². The molecule has 4 nitrogen and oxygen atoms in total. The van der Waals surface area contributed by atoms with Crippen LogP contribution in [0.4, 0.5) is 0 Å². The number of carbonyl (C=O) groups is 1. The number of nitriles is 1. The number of aromatic nitrogens is 1. The fourth-order valence-electron chi connectivity index (χ4n) is 0.870. The standard InChI is InChI=1S/C9H8N2O2/c1-6(9(12)13)7-2-3-8(4-10)11-5-7/h2-3,5-6H,1H3,(H,12,13)/t6-/m1/s1. The third kappa shape index (κ3) is 2.03. The van der Waals surface area contributed by atoms with Crippen molar-refractivity contribution in [3.8, 4) is 6.07 Å². The molecule has 0 radical (unpaired) electrons. The van der Waals surface area contributed by atoms with Crippen molar-refractivity contribution in [3.63, 3.8) is 0 Å². The smallest absolute Gasteiger partial charge is 0.310 e. The van der Waals surface area contributed by atoms with Gasteiger partial charge in [-0.1, -0.05) is 6.07 Å². The maximum atomic E-state index is 10.6. The fraction of sp³-hybridized carbons (Fsp3) is 0.222. The molecule has 0 aliphatic rings. The van der Waals surface area contributed by atoms with Gasteiger partial charge >= 0.3 is 5.97 Å². The van der Waals surface area contributed by atoms with E-state index in [1.165, 1.54) is 12.3 Å². The summed E-state index contributed by atoms with van der Waals surface area (Å²) in [6.45, 7) is 1.57. The number of rotatable bonds is 2. The molecule has 0 fully saturated rings. The number of carboxylic acids is 1. The molecule has 0 spiro atoms. The summed E-state index contributed by atoms with van der Waals surface area (Å²) < 4.78 is 0. The third-order valence-corrected chi connectivity index (χ3v) is 1.77. The zero-order valence-corrected chi connectivity index (χ0v) is 7.06. The Labute approximate surface area is 75.5 Å². The first-order chi connectivity index (χ1) is 6.15. The Morgan fingerprint density at radius 1 is 1.69 bits per heavy atom. The van der Waals surface area contributed by atoms with Gasteiger partial charge in [-0.15, -0.1) is 0 Å². The van der Waals surface area contributed by atoms with Gasteiger partial charge in [-0.3, -0.25) is 4.79 Å². The molecule has 4 heteroatoms. The highest BCUT2D eigenvalue weighted by Gasteiger charge is 2.13. The first-order valence-corrected chi connectivity index (χ1v) is 3.74. The number of carboxylic acid groups (broad SMARTS) is 1. The highest BCUT2D eigenvalue weighted by atomic mass is 16.4. The van der Waals surface area contributed by atoms with E-state index >= 15 is 0 Å². The molecule has 1 atom stereocenters. The zero-order valence-electron chi connectivity index (χ0n) is 7.06. The fourth-order valence-corrected chi connectivity index (χ4v) is 0.870. The second-order valence-corrected chi connectivity index (χ2v) is 2.65. The lowest BCUT2D eigenvalue weighted by Crippen LogP contribution is -2.07. The highest BCUT2D eigenvalue weighted by molar-refractivity contribution is 5.75. The van der Waals surface area contributed by atoms with Gasteiger partial charge in [0, 0.05) is 6.20 Å². The van der Waals surface area contributed by atoms with Crippen LogP contribution in [0.15, 0.2) is 18.3 Å². The molecule has 0 aliphatic carbocycles. The molecular formula is C9H8N2O2. The average molecular weight is 176 g/mol. The van der Waals surface area contributed by atoms with Crippen LogP contribution < -0.4 is 0 Å². The van der Waals surface area contributed by atoms with Crippen molar-refractivity contribution in [1.29, 1.82) is 5.26 Å². The van der Waals surface area contributed by atoms with E-state index in [9.17, 15) is 4.79 Å². The lowest BCUT2D eigenvalue weighted by atomic mass is 10.0. The van der Waals surface area contributed by atoms with E-state index in [-0.39, 0.29) is 0 Å². The summed E-state index contributed by atoms with van der Waals surface area (Å²) in [5, 5.41) is 17.1. The first-order valence-electron chi connectivity index (χ1n) is 3.74. The molecule has 0 unspecified atom stereocenters. The summed E-state index contributed by atoms with van der Waals surface area (Å²) in [5.74, 6) is -1.48. The maximum Gasteiger partial charge on any atom is 0.310 e. The molecule has 0 aliphatic heterocycles. The Bertz CT molecular complexity index is 351. The SMILES string of the molecule is C[C@@H](C(=O)O)c1ccc(C#N)nc1. The largest absolute Gasteiger partial charge is 0.481 e. The number of nitrogens with zero attached hydrogens (tertiary/aromatic N) is 2. The highest BCUT2D eigenvalue weighted by Crippen LogP contribution is 2.13. The molecule has 1 aromatic heterocycles. The van der Waals surface area contributed by atoms with Gasteiger partial charge in [-0.05, 0) is 18.6 Å². The quantitative estimate of drug-likeness (QED) is 0.733. The summed E-state index contributed by atoms with van der Waals surface area (Å²) in [5.41, 5.74) is 0.896. The van der Waals surface area contributed by atoms with E-state index in [4.69, 9.17) is 10.4 Å². The van der Waals surface area contributed by atoms with Crippen LogP contribution in [-0.4, -0.2) is 16.1 Å². The summed E-state index contributed by atoms with van der Waals surface area (Å²) >= 11 is 0. The van der Waals surface area contributed by atoms with Crippen LogP contribution in [0.3, 0.4) is 0 Å². The predicted molar refractivity (Wildman–Crippen MR) is 45.0 cm³/mol. The Morgan fingerprint density at radius 3 is 2.77 bits per heavy atom. The topological polar surface area (TPSA) is 74.0 Å². The number of pyridine rings is 1. The molecule has 1 heterocycles. The van der Waals surface area contributed by atoms with E-state index < -0.39 is 11.9 Å². The van der Waals surface area contributed by atoms with E-state index in [2.05, 4.69) is 4.98 Å². The summed E-state index contributed by atoms with van der Waals surface area (Å²) in [6.07, 6.45) is 1.41. The van der Waals surface area contributed by atoms with Crippen LogP contribution in [0.25, 0.3) is 0 Å². The van der Waals surface area contributed by atoms with Crippen LogP contribution in [0, 0.1) is 11.3 Å². The van der Waals surface area contributed by atoms with Gasteiger partial charge in [0.15, 0.2) is 0 Å². The van der Waals surface area contributed by atoms with Gasteiger partial charge in [0.25, 0.3) is 0 Å². The van der Waals surface area contributed by atoms with Gasteiger partial charge in [0.2, 0.25) is 0 Å². The maximum absolute atomic E-state index is 10.6. The Morgan fingerprint density at radius 2 is 2.38 bits per heavy atom. The lowest BCUT2D eigenvalue weighted by molar-refractivity contribution is -0.138. The number of aliphatic carboxylic acids is 1. The Balaban J connectivity index is 2.93. The summed E-state index contributed by atoms with van der Waals surface area (Å²) in [4.78, 5) is 14.3. The molecule has 1 rings (SSSR count). The molecule has 0 saturated carbocycles. The summed E-state index contributed by atoms with van der Waals surface area (Å²) in [6, 6.07) is 4.97. The van der Waals surface area contributed by atoms with Gasteiger partial charge in [0.05, 0.1) is 5.92 Å². The van der Waals surface area contributed by atoms with E-state index in [0.717, 1.165) is 0 Å². The van der Waals surface area contributed by atoms with E-state index in [1.807, 2.05) is 6.07 Å². The molecule has 0 saturated heterocycles. The summed E-state index contributed by atoms with van der Waals surface area (Å²) in [7, 11) is 0. The van der Waals surface area contributed by atoms with Crippen molar-refractivity contribution in [2.24, 2.45) is 0 Å². The lowest BCUT2D eigenvalue weighted by Gasteiger charge is -2.04. The number of hydrogen-bond donors (Lipinski definition) is 1. The second kappa shape index (κ2) is 3.68. The Kier molecular flexibility index (Phi) is 2.60. The molecule has 1 N–H and O–H groups in total. The predicted octanol–water partition coefficient (Wildman–Crippen LogP) is 1.14. The van der Waals surface area contributed by atoms with Crippen molar-refractivity contribution < 1.29 is 9.90 Å². The monoisotopic (exact) mass is 176 g/mol. The van der Waals surface area contributed by atoms with Crippen molar-refractivity contribution in [1.82, 2.24) is 4.98 Å². The van der Waals surface area contributed by atoms with Crippen LogP contribution in [0.1, 0.15) is 24.1 Å². The molecule has 0 aromatic carbocycles. The van der Waals surface area contributed by atoms with Crippen LogP contribution in [0.2, 0.25) is 0 Å². The van der Waals surface area contributed by atoms with Crippen molar-refractivity contribution in [3.05, 3.63) is 29.6 Å². The zero-order chi connectivity index (χ0) is 9.84. The Hall–Kier alpha value is -1.89. The van der Waals surface area contributed by atoms with Crippen molar-refractivity contribution in [2.45, 2.75) is 12.8 Å². The first kappa shape index (κ1) is 9.20. The van der Waals surface area contributed by atoms with Crippen LogP contribution >= 0.6 is 0 Å². The minimum absolute atomic E-state index is 0.293. The molecule has 66 valence electrons. The van der Waals surface area contributed by atoms with Gasteiger partial charge in [-0.25, -0.2) is 4.98 Å².